The van der Waals surface area contributed by atoms with Crippen molar-refractivity contribution in [3.63, 3.8) is 0 Å². The summed E-state index contributed by atoms with van der Waals surface area (Å²) in [5, 5.41) is 3.15. The number of amides is 1. The zero-order chi connectivity index (χ0) is 12.1. The Morgan fingerprint density at radius 1 is 1.18 bits per heavy atom. The largest absolute Gasteiger partial charge is 0.352 e. The SMILES string of the molecule is NCC1CCN(CC(=O)NC2CCCC2)CC1. The van der Waals surface area contributed by atoms with E-state index in [0.29, 0.717) is 18.5 Å². The molecule has 2 rings (SSSR count). The number of nitrogens with zero attached hydrogens (tertiary/aromatic N) is 1. The Hall–Kier alpha value is -0.610. The second-order valence-electron chi connectivity index (χ2n) is 5.50. The maximum Gasteiger partial charge on any atom is 0.234 e. The van der Waals surface area contributed by atoms with Gasteiger partial charge in [-0.3, -0.25) is 9.69 Å². The van der Waals surface area contributed by atoms with Crippen LogP contribution in [0.3, 0.4) is 0 Å². The average Bonchev–Trinajstić information content (AvgIpc) is 2.82. The van der Waals surface area contributed by atoms with Crippen molar-refractivity contribution in [1.82, 2.24) is 10.2 Å². The molecule has 2 fully saturated rings. The summed E-state index contributed by atoms with van der Waals surface area (Å²) in [5.41, 5.74) is 5.66. The lowest BCUT2D eigenvalue weighted by molar-refractivity contribution is -0.123. The topological polar surface area (TPSA) is 58.4 Å². The Labute approximate surface area is 104 Å². The van der Waals surface area contributed by atoms with Gasteiger partial charge in [0, 0.05) is 6.04 Å². The van der Waals surface area contributed by atoms with Gasteiger partial charge in [0.15, 0.2) is 0 Å². The van der Waals surface area contributed by atoms with Crippen molar-refractivity contribution < 1.29 is 4.79 Å². The highest BCUT2D eigenvalue weighted by Crippen LogP contribution is 2.18. The summed E-state index contributed by atoms with van der Waals surface area (Å²) in [6.45, 7) is 3.43. The summed E-state index contributed by atoms with van der Waals surface area (Å²) in [4.78, 5) is 14.1. The number of piperidine rings is 1. The molecular formula is C13H25N3O. The van der Waals surface area contributed by atoms with E-state index >= 15 is 0 Å². The lowest BCUT2D eigenvalue weighted by atomic mass is 9.97. The Morgan fingerprint density at radius 2 is 1.82 bits per heavy atom. The molecule has 0 unspecified atom stereocenters. The first-order valence-electron chi connectivity index (χ1n) is 6.99. The highest BCUT2D eigenvalue weighted by atomic mass is 16.2. The van der Waals surface area contributed by atoms with E-state index in [1.54, 1.807) is 0 Å². The van der Waals surface area contributed by atoms with E-state index in [1.165, 1.54) is 25.7 Å². The monoisotopic (exact) mass is 239 g/mol. The smallest absolute Gasteiger partial charge is 0.234 e. The molecule has 0 atom stereocenters. The summed E-state index contributed by atoms with van der Waals surface area (Å²) in [5.74, 6) is 0.882. The van der Waals surface area contributed by atoms with Crippen molar-refractivity contribution in [3.8, 4) is 0 Å². The average molecular weight is 239 g/mol. The van der Waals surface area contributed by atoms with Crippen LogP contribution in [0.25, 0.3) is 0 Å². The van der Waals surface area contributed by atoms with E-state index < -0.39 is 0 Å². The Bertz CT molecular complexity index is 243. The lowest BCUT2D eigenvalue weighted by Gasteiger charge is -2.31. The molecule has 1 saturated carbocycles. The fourth-order valence-electron chi connectivity index (χ4n) is 2.93. The maximum atomic E-state index is 11.8. The molecule has 0 aromatic rings. The Balaban J connectivity index is 1.65. The summed E-state index contributed by atoms with van der Waals surface area (Å²) < 4.78 is 0. The molecule has 17 heavy (non-hydrogen) atoms. The number of hydrogen-bond donors (Lipinski definition) is 2. The fourth-order valence-corrected chi connectivity index (χ4v) is 2.93. The molecule has 0 aromatic carbocycles. The van der Waals surface area contributed by atoms with Gasteiger partial charge in [0.2, 0.25) is 5.91 Å². The molecule has 1 heterocycles. The first-order chi connectivity index (χ1) is 8.28. The van der Waals surface area contributed by atoms with Gasteiger partial charge in [-0.15, -0.1) is 0 Å². The van der Waals surface area contributed by atoms with Crippen LogP contribution in [0, 0.1) is 5.92 Å². The van der Waals surface area contributed by atoms with Crippen molar-refractivity contribution in [1.29, 1.82) is 0 Å². The van der Waals surface area contributed by atoms with Gasteiger partial charge in [-0.1, -0.05) is 12.8 Å². The zero-order valence-electron chi connectivity index (χ0n) is 10.7. The van der Waals surface area contributed by atoms with E-state index in [0.717, 1.165) is 32.5 Å². The fraction of sp³-hybridized carbons (Fsp3) is 0.923. The van der Waals surface area contributed by atoms with E-state index in [-0.39, 0.29) is 5.91 Å². The minimum absolute atomic E-state index is 0.211. The standard InChI is InChI=1S/C13H25N3O/c14-9-11-5-7-16(8-6-11)10-13(17)15-12-3-1-2-4-12/h11-12H,1-10,14H2,(H,15,17). The molecule has 0 spiro atoms. The summed E-state index contributed by atoms with van der Waals surface area (Å²) in [6, 6.07) is 0.448. The number of hydrogen-bond acceptors (Lipinski definition) is 3. The lowest BCUT2D eigenvalue weighted by Crippen LogP contribution is -2.44. The van der Waals surface area contributed by atoms with Crippen LogP contribution in [0.2, 0.25) is 0 Å². The molecule has 0 aromatic heterocycles. The first-order valence-corrected chi connectivity index (χ1v) is 6.99. The van der Waals surface area contributed by atoms with Crippen LogP contribution >= 0.6 is 0 Å². The van der Waals surface area contributed by atoms with Crippen molar-refractivity contribution in [3.05, 3.63) is 0 Å². The number of rotatable bonds is 4. The number of carbonyl (C=O) groups excluding carboxylic acids is 1. The summed E-state index contributed by atoms with van der Waals surface area (Å²) in [7, 11) is 0. The molecule has 1 amide bonds. The van der Waals surface area contributed by atoms with Crippen LogP contribution in [-0.2, 0) is 4.79 Å². The molecule has 3 N–H and O–H groups in total. The van der Waals surface area contributed by atoms with Crippen LogP contribution in [0.5, 0.6) is 0 Å². The number of likely N-dealkylation sites (tertiary alicyclic amines) is 1. The normalized spacial score (nSPS) is 24.1. The van der Waals surface area contributed by atoms with Gasteiger partial charge in [0.25, 0.3) is 0 Å². The van der Waals surface area contributed by atoms with Crippen LogP contribution in [-0.4, -0.2) is 43.0 Å². The quantitative estimate of drug-likeness (QED) is 0.760. The van der Waals surface area contributed by atoms with E-state index in [9.17, 15) is 4.79 Å². The van der Waals surface area contributed by atoms with Crippen LogP contribution in [0.4, 0.5) is 0 Å². The predicted octanol–water partition coefficient (Wildman–Crippen LogP) is 0.716. The first kappa shape index (κ1) is 12.8. The van der Waals surface area contributed by atoms with Gasteiger partial charge in [-0.2, -0.15) is 0 Å². The van der Waals surface area contributed by atoms with Gasteiger partial charge in [0.05, 0.1) is 6.54 Å². The van der Waals surface area contributed by atoms with Gasteiger partial charge in [0.1, 0.15) is 0 Å². The zero-order valence-corrected chi connectivity index (χ0v) is 10.7. The maximum absolute atomic E-state index is 11.8. The molecule has 1 aliphatic heterocycles. The van der Waals surface area contributed by atoms with E-state index in [1.807, 2.05) is 0 Å². The molecule has 1 aliphatic carbocycles. The van der Waals surface area contributed by atoms with Crippen molar-refractivity contribution in [2.75, 3.05) is 26.2 Å². The van der Waals surface area contributed by atoms with Crippen LogP contribution in [0.15, 0.2) is 0 Å². The molecule has 1 saturated heterocycles. The number of nitrogens with two attached hydrogens (primary N) is 1. The van der Waals surface area contributed by atoms with Crippen LogP contribution in [0.1, 0.15) is 38.5 Å². The number of carbonyl (C=O) groups is 1. The van der Waals surface area contributed by atoms with E-state index in [4.69, 9.17) is 5.73 Å². The second kappa shape index (κ2) is 6.36. The summed E-state index contributed by atoms with van der Waals surface area (Å²) >= 11 is 0. The van der Waals surface area contributed by atoms with Gasteiger partial charge in [-0.05, 0) is 51.2 Å². The van der Waals surface area contributed by atoms with Crippen molar-refractivity contribution in [2.45, 2.75) is 44.6 Å². The van der Waals surface area contributed by atoms with Crippen molar-refractivity contribution in [2.24, 2.45) is 11.7 Å². The molecule has 4 nitrogen and oxygen atoms in total. The highest BCUT2D eigenvalue weighted by Gasteiger charge is 2.22. The van der Waals surface area contributed by atoms with Crippen LogP contribution < -0.4 is 11.1 Å². The van der Waals surface area contributed by atoms with Crippen molar-refractivity contribution >= 4 is 5.91 Å². The van der Waals surface area contributed by atoms with Gasteiger partial charge < -0.3 is 11.1 Å². The minimum Gasteiger partial charge on any atom is -0.352 e. The molecule has 98 valence electrons. The molecule has 0 bridgehead atoms. The Kier molecular flexibility index (Phi) is 4.80. The van der Waals surface area contributed by atoms with Gasteiger partial charge >= 0.3 is 0 Å². The number of nitrogens with one attached hydrogen (secondary N) is 1. The second-order valence-corrected chi connectivity index (χ2v) is 5.50. The molecule has 4 heteroatoms. The molecular weight excluding hydrogens is 214 g/mol. The highest BCUT2D eigenvalue weighted by molar-refractivity contribution is 5.78. The molecule has 2 aliphatic rings. The minimum atomic E-state index is 0.211. The predicted molar refractivity (Wildman–Crippen MR) is 68.6 cm³/mol. The van der Waals surface area contributed by atoms with Gasteiger partial charge in [-0.25, -0.2) is 0 Å². The summed E-state index contributed by atoms with van der Waals surface area (Å²) in [6.07, 6.45) is 7.17. The molecule has 0 radical (unpaired) electrons. The third-order valence-corrected chi connectivity index (χ3v) is 4.13. The Morgan fingerprint density at radius 3 is 2.41 bits per heavy atom. The third kappa shape index (κ3) is 3.96. The third-order valence-electron chi connectivity index (χ3n) is 4.13. The van der Waals surface area contributed by atoms with E-state index in [2.05, 4.69) is 10.2 Å².